The molecule has 0 unspecified atom stereocenters. The van der Waals surface area contributed by atoms with Crippen molar-refractivity contribution in [3.05, 3.63) is 83.6 Å². The molecular formula is C19H20NO+. The lowest BCUT2D eigenvalue weighted by molar-refractivity contribution is -0.687. The van der Waals surface area contributed by atoms with Crippen LogP contribution in [0.2, 0.25) is 0 Å². The van der Waals surface area contributed by atoms with Gasteiger partial charge in [0, 0.05) is 11.1 Å². The van der Waals surface area contributed by atoms with Crippen molar-refractivity contribution >= 4 is 0 Å². The van der Waals surface area contributed by atoms with Gasteiger partial charge in [0.25, 0.3) is 0 Å². The number of quaternary nitrogens is 1. The largest absolute Gasteiger partial charge is 0.455 e. The Labute approximate surface area is 125 Å². The minimum Gasteiger partial charge on any atom is -0.455 e. The molecular weight excluding hydrogens is 258 g/mol. The highest BCUT2D eigenvalue weighted by molar-refractivity contribution is 5.57. The molecule has 2 nitrogen and oxygen atoms in total. The van der Waals surface area contributed by atoms with E-state index in [1.807, 2.05) is 24.3 Å². The van der Waals surface area contributed by atoms with Crippen molar-refractivity contribution in [3.63, 3.8) is 0 Å². The molecule has 0 aliphatic heterocycles. The molecule has 0 radical (unpaired) electrons. The molecule has 2 N–H and O–H groups in total. The van der Waals surface area contributed by atoms with E-state index in [2.05, 4.69) is 54.7 Å². The zero-order valence-electron chi connectivity index (χ0n) is 12.3. The number of furan rings is 1. The molecule has 0 aliphatic carbocycles. The molecule has 0 bridgehead atoms. The first-order chi connectivity index (χ1) is 10.3. The number of hydrogen-bond donors (Lipinski definition) is 1. The van der Waals surface area contributed by atoms with E-state index >= 15 is 0 Å². The average molecular weight is 278 g/mol. The summed E-state index contributed by atoms with van der Waals surface area (Å²) in [7, 11) is 0. The maximum Gasteiger partial charge on any atom is 0.158 e. The van der Waals surface area contributed by atoms with E-state index in [-0.39, 0.29) is 0 Å². The van der Waals surface area contributed by atoms with E-state index in [0.717, 1.165) is 30.2 Å². The smallest absolute Gasteiger partial charge is 0.158 e. The molecule has 3 rings (SSSR count). The van der Waals surface area contributed by atoms with Crippen LogP contribution in [0.25, 0.3) is 11.3 Å². The Hall–Kier alpha value is -2.32. The van der Waals surface area contributed by atoms with Crippen molar-refractivity contribution in [2.24, 2.45) is 0 Å². The highest BCUT2D eigenvalue weighted by Gasteiger charge is 2.05. The van der Waals surface area contributed by atoms with E-state index in [4.69, 9.17) is 4.42 Å². The molecule has 1 heterocycles. The summed E-state index contributed by atoms with van der Waals surface area (Å²) in [6.07, 6.45) is 0. The second-order valence-corrected chi connectivity index (χ2v) is 5.31. The molecule has 0 saturated carbocycles. The zero-order chi connectivity index (χ0) is 14.5. The molecule has 3 aromatic rings. The highest BCUT2D eigenvalue weighted by Crippen LogP contribution is 2.21. The molecule has 2 aromatic carbocycles. The Morgan fingerprint density at radius 3 is 2.33 bits per heavy atom. The second kappa shape index (κ2) is 6.42. The Kier molecular flexibility index (Phi) is 4.17. The van der Waals surface area contributed by atoms with Gasteiger partial charge in [0.05, 0.1) is 0 Å². The van der Waals surface area contributed by atoms with Crippen molar-refractivity contribution in [2.45, 2.75) is 20.0 Å². The van der Waals surface area contributed by atoms with Crippen LogP contribution in [0.1, 0.15) is 16.9 Å². The Morgan fingerprint density at radius 2 is 1.57 bits per heavy atom. The Morgan fingerprint density at radius 1 is 0.810 bits per heavy atom. The van der Waals surface area contributed by atoms with E-state index in [1.165, 1.54) is 11.1 Å². The van der Waals surface area contributed by atoms with Crippen LogP contribution < -0.4 is 5.32 Å². The van der Waals surface area contributed by atoms with E-state index in [1.54, 1.807) is 0 Å². The van der Waals surface area contributed by atoms with Crippen molar-refractivity contribution in [1.82, 2.24) is 0 Å². The number of benzene rings is 2. The fourth-order valence-corrected chi connectivity index (χ4v) is 2.35. The summed E-state index contributed by atoms with van der Waals surface area (Å²) in [6, 6.07) is 23.0. The topological polar surface area (TPSA) is 29.8 Å². The lowest BCUT2D eigenvalue weighted by Gasteiger charge is -2.01. The third kappa shape index (κ3) is 3.61. The minimum absolute atomic E-state index is 0.862. The van der Waals surface area contributed by atoms with E-state index < -0.39 is 0 Å². The fourth-order valence-electron chi connectivity index (χ4n) is 2.35. The predicted octanol–water partition coefficient (Wildman–Crippen LogP) is 3.52. The van der Waals surface area contributed by atoms with Gasteiger partial charge >= 0.3 is 0 Å². The van der Waals surface area contributed by atoms with Crippen LogP contribution in [0.5, 0.6) is 0 Å². The standard InChI is InChI=1S/C19H19NO/c1-15-7-9-16(10-8-15)13-20-14-18-11-12-19(21-18)17-5-3-2-4-6-17/h2-12,20H,13-14H2,1H3/p+1. The van der Waals surface area contributed by atoms with Gasteiger partial charge in [-0.2, -0.15) is 0 Å². The molecule has 106 valence electrons. The minimum atomic E-state index is 0.862. The molecule has 0 spiro atoms. The molecule has 0 amide bonds. The van der Waals surface area contributed by atoms with Crippen LogP contribution in [0, 0.1) is 6.92 Å². The number of nitrogens with two attached hydrogens (primary N) is 1. The van der Waals surface area contributed by atoms with E-state index in [0.29, 0.717) is 0 Å². The van der Waals surface area contributed by atoms with Crippen LogP contribution in [0.4, 0.5) is 0 Å². The summed E-state index contributed by atoms with van der Waals surface area (Å²) in [5.74, 6) is 1.95. The Bertz CT molecular complexity index is 683. The number of hydrogen-bond acceptors (Lipinski definition) is 1. The predicted molar refractivity (Wildman–Crippen MR) is 84.7 cm³/mol. The molecule has 1 aromatic heterocycles. The van der Waals surface area contributed by atoms with Gasteiger partial charge in [0.15, 0.2) is 5.76 Å². The first-order valence-electron chi connectivity index (χ1n) is 7.32. The van der Waals surface area contributed by atoms with Gasteiger partial charge in [0.1, 0.15) is 18.8 Å². The summed E-state index contributed by atoms with van der Waals surface area (Å²) in [4.78, 5) is 0. The lowest BCUT2D eigenvalue weighted by atomic mass is 10.1. The first-order valence-corrected chi connectivity index (χ1v) is 7.32. The maximum atomic E-state index is 5.90. The SMILES string of the molecule is Cc1ccc(C[NH2+]Cc2ccc(-c3ccccc3)o2)cc1. The summed E-state index contributed by atoms with van der Waals surface area (Å²) in [5.41, 5.74) is 3.77. The van der Waals surface area contributed by atoms with Crippen molar-refractivity contribution in [3.8, 4) is 11.3 Å². The lowest BCUT2D eigenvalue weighted by Crippen LogP contribution is -2.80. The molecule has 21 heavy (non-hydrogen) atoms. The quantitative estimate of drug-likeness (QED) is 0.760. The van der Waals surface area contributed by atoms with Gasteiger partial charge in [-0.1, -0.05) is 60.2 Å². The summed E-state index contributed by atoms with van der Waals surface area (Å²) >= 11 is 0. The van der Waals surface area contributed by atoms with Crippen LogP contribution in [0.3, 0.4) is 0 Å². The third-order valence-corrected chi connectivity index (χ3v) is 3.57. The maximum absolute atomic E-state index is 5.90. The third-order valence-electron chi connectivity index (χ3n) is 3.57. The first kappa shape index (κ1) is 13.7. The molecule has 0 aliphatic rings. The Balaban J connectivity index is 1.57. The molecule has 0 fully saturated rings. The van der Waals surface area contributed by atoms with Crippen LogP contribution >= 0.6 is 0 Å². The highest BCUT2D eigenvalue weighted by atomic mass is 16.3. The van der Waals surface area contributed by atoms with Gasteiger partial charge < -0.3 is 9.73 Å². The van der Waals surface area contributed by atoms with Crippen molar-refractivity contribution in [2.75, 3.05) is 0 Å². The van der Waals surface area contributed by atoms with Crippen molar-refractivity contribution < 1.29 is 9.73 Å². The monoisotopic (exact) mass is 278 g/mol. The number of aryl methyl sites for hydroxylation is 1. The van der Waals surface area contributed by atoms with Gasteiger partial charge in [-0.3, -0.25) is 0 Å². The van der Waals surface area contributed by atoms with Gasteiger partial charge in [0.2, 0.25) is 0 Å². The zero-order valence-corrected chi connectivity index (χ0v) is 12.3. The molecule has 0 saturated heterocycles. The number of rotatable bonds is 5. The summed E-state index contributed by atoms with van der Waals surface area (Å²) in [6.45, 7) is 3.95. The molecule has 2 heteroatoms. The van der Waals surface area contributed by atoms with E-state index in [9.17, 15) is 0 Å². The summed E-state index contributed by atoms with van der Waals surface area (Å²) < 4.78 is 5.90. The van der Waals surface area contributed by atoms with Crippen LogP contribution in [-0.4, -0.2) is 0 Å². The fraction of sp³-hybridized carbons (Fsp3) is 0.158. The van der Waals surface area contributed by atoms with Gasteiger partial charge in [-0.25, -0.2) is 0 Å². The van der Waals surface area contributed by atoms with Crippen LogP contribution in [-0.2, 0) is 13.1 Å². The average Bonchev–Trinajstić information content (AvgIpc) is 2.99. The van der Waals surface area contributed by atoms with Gasteiger partial charge in [-0.05, 0) is 19.1 Å². The molecule has 0 atom stereocenters. The normalized spacial score (nSPS) is 10.7. The van der Waals surface area contributed by atoms with Crippen LogP contribution in [0.15, 0.2) is 71.1 Å². The second-order valence-electron chi connectivity index (χ2n) is 5.31. The van der Waals surface area contributed by atoms with Gasteiger partial charge in [-0.15, -0.1) is 0 Å². The summed E-state index contributed by atoms with van der Waals surface area (Å²) in [5, 5.41) is 2.26. The van der Waals surface area contributed by atoms with Crippen molar-refractivity contribution in [1.29, 1.82) is 0 Å².